The summed E-state index contributed by atoms with van der Waals surface area (Å²) in [6, 6.07) is 7.05. The van der Waals surface area contributed by atoms with Crippen molar-refractivity contribution >= 4 is 6.08 Å². The van der Waals surface area contributed by atoms with Gasteiger partial charge in [-0.3, -0.25) is 0 Å². The van der Waals surface area contributed by atoms with Gasteiger partial charge in [0.25, 0.3) is 5.70 Å². The van der Waals surface area contributed by atoms with E-state index in [2.05, 4.69) is 28.4 Å². The average Bonchev–Trinajstić information content (AvgIpc) is 2.67. The molecule has 2 heterocycles. The highest BCUT2D eigenvalue weighted by Gasteiger charge is 2.26. The molecule has 4 heteroatoms. The fourth-order valence-corrected chi connectivity index (χ4v) is 4.20. The lowest BCUT2D eigenvalue weighted by Crippen LogP contribution is -2.33. The van der Waals surface area contributed by atoms with E-state index in [-0.39, 0.29) is 5.70 Å². The summed E-state index contributed by atoms with van der Waals surface area (Å²) < 4.78 is 5.75. The number of hydrogen-bond acceptors (Lipinski definition) is 3. The normalized spacial score (nSPS) is 22.7. The summed E-state index contributed by atoms with van der Waals surface area (Å²) in [5.74, 6) is 1.32. The first-order valence-corrected chi connectivity index (χ1v) is 9.35. The van der Waals surface area contributed by atoms with Crippen molar-refractivity contribution in [3.05, 3.63) is 86.8 Å². The van der Waals surface area contributed by atoms with Crippen LogP contribution in [-0.4, -0.2) is 6.54 Å². The number of benzene rings is 1. The molecule has 134 valence electrons. The summed E-state index contributed by atoms with van der Waals surface area (Å²) in [6.07, 6.45) is 12.2. The molecule has 1 atom stereocenters. The van der Waals surface area contributed by atoms with Gasteiger partial charge in [-0.1, -0.05) is 18.2 Å². The van der Waals surface area contributed by atoms with Crippen LogP contribution in [0.5, 0.6) is 0 Å². The maximum Gasteiger partial charge on any atom is 0.269 e. The fraction of sp³-hybridized carbons (Fsp3) is 0.304. The van der Waals surface area contributed by atoms with E-state index in [0.29, 0.717) is 23.1 Å². The molecule has 0 amide bonds. The molecule has 1 unspecified atom stereocenters. The van der Waals surface area contributed by atoms with Crippen molar-refractivity contribution in [3.8, 4) is 6.07 Å². The molecule has 4 rings (SSSR count). The van der Waals surface area contributed by atoms with Crippen LogP contribution in [0.3, 0.4) is 0 Å². The van der Waals surface area contributed by atoms with Gasteiger partial charge in [0.2, 0.25) is 0 Å². The van der Waals surface area contributed by atoms with Crippen LogP contribution in [0.2, 0.25) is 0 Å². The number of nitrogens with zero attached hydrogens (tertiary/aromatic N) is 2. The number of hydrogen-bond donors (Lipinski definition) is 1. The Morgan fingerprint density at radius 1 is 1.30 bits per heavy atom. The highest BCUT2D eigenvalue weighted by atomic mass is 16.5. The van der Waals surface area contributed by atoms with Crippen LogP contribution in [0.25, 0.3) is 10.9 Å². The summed E-state index contributed by atoms with van der Waals surface area (Å²) >= 11 is 0. The van der Waals surface area contributed by atoms with Crippen molar-refractivity contribution in [2.75, 3.05) is 6.54 Å². The van der Waals surface area contributed by atoms with Crippen molar-refractivity contribution in [1.82, 2.24) is 5.32 Å². The molecule has 1 aromatic rings. The Kier molecular flexibility index (Phi) is 4.67. The van der Waals surface area contributed by atoms with Gasteiger partial charge in [0.15, 0.2) is 0 Å². The van der Waals surface area contributed by atoms with E-state index in [1.807, 2.05) is 19.1 Å². The summed E-state index contributed by atoms with van der Waals surface area (Å²) in [4.78, 5) is 3.30. The largest absolute Gasteiger partial charge is 0.462 e. The van der Waals surface area contributed by atoms with Gasteiger partial charge in [-0.25, -0.2) is 10.1 Å². The molecule has 0 saturated carbocycles. The molecule has 2 aliphatic heterocycles. The monoisotopic (exact) mass is 355 g/mol. The Bertz CT molecular complexity index is 948. The third-order valence-electron chi connectivity index (χ3n) is 5.31. The number of nitrogens with one attached hydrogen (secondary N) is 1. The maximum absolute atomic E-state index is 9.11. The molecule has 0 spiro atoms. The molecule has 0 fully saturated rings. The SMILES string of the molecule is [C-]#[N+]/C(C#N)=C1/C=C(C)OC(/C=C/c2cc3c4c(c2)CCNC4CCC3)=C1. The van der Waals surface area contributed by atoms with Crippen molar-refractivity contribution in [1.29, 1.82) is 5.26 Å². The molecule has 1 N–H and O–H groups in total. The second kappa shape index (κ2) is 7.27. The van der Waals surface area contributed by atoms with Crippen LogP contribution in [0.1, 0.15) is 48.1 Å². The Labute approximate surface area is 160 Å². The molecule has 27 heavy (non-hydrogen) atoms. The van der Waals surface area contributed by atoms with Gasteiger partial charge in [-0.2, -0.15) is 0 Å². The van der Waals surface area contributed by atoms with Gasteiger partial charge < -0.3 is 10.1 Å². The lowest BCUT2D eigenvalue weighted by atomic mass is 9.80. The summed E-state index contributed by atoms with van der Waals surface area (Å²) in [7, 11) is 0. The molecule has 0 bridgehead atoms. The predicted octanol–water partition coefficient (Wildman–Crippen LogP) is 4.74. The minimum absolute atomic E-state index is 0.0836. The highest BCUT2D eigenvalue weighted by molar-refractivity contribution is 5.59. The van der Waals surface area contributed by atoms with Crippen LogP contribution in [0.4, 0.5) is 0 Å². The second-order valence-electron chi connectivity index (χ2n) is 7.17. The van der Waals surface area contributed by atoms with Gasteiger partial charge in [-0.05, 0) is 85.2 Å². The fourth-order valence-electron chi connectivity index (χ4n) is 4.20. The van der Waals surface area contributed by atoms with Crippen LogP contribution < -0.4 is 5.32 Å². The zero-order valence-electron chi connectivity index (χ0n) is 15.4. The standard InChI is InChI=1S/C23H21N3O/c1-15-10-19(22(14-24)25-2)13-20(27-15)7-6-16-11-17-4-3-5-21-23(17)18(12-16)8-9-26-21/h6-7,10-13,21,26H,3-5,8-9H2,1H3/b7-6+,22-19-. The minimum atomic E-state index is 0.0836. The molecular weight excluding hydrogens is 334 g/mol. The zero-order chi connectivity index (χ0) is 18.8. The number of rotatable bonds is 2. The first kappa shape index (κ1) is 17.3. The van der Waals surface area contributed by atoms with Crippen LogP contribution in [-0.2, 0) is 17.6 Å². The Hall–Kier alpha value is -3.08. The summed E-state index contributed by atoms with van der Waals surface area (Å²) in [6.45, 7) is 10.0. The summed E-state index contributed by atoms with van der Waals surface area (Å²) in [5, 5.41) is 12.8. The average molecular weight is 355 g/mol. The van der Waals surface area contributed by atoms with Gasteiger partial charge in [-0.15, -0.1) is 0 Å². The molecule has 0 radical (unpaired) electrons. The predicted molar refractivity (Wildman–Crippen MR) is 105 cm³/mol. The van der Waals surface area contributed by atoms with Crippen LogP contribution in [0, 0.1) is 17.9 Å². The zero-order valence-corrected chi connectivity index (χ0v) is 15.4. The Balaban J connectivity index is 1.65. The van der Waals surface area contributed by atoms with E-state index in [4.69, 9.17) is 16.6 Å². The van der Waals surface area contributed by atoms with Crippen molar-refractivity contribution in [2.24, 2.45) is 0 Å². The van der Waals surface area contributed by atoms with Gasteiger partial charge in [0, 0.05) is 6.04 Å². The number of ether oxygens (including phenoxy) is 1. The molecule has 1 aliphatic carbocycles. The van der Waals surface area contributed by atoms with Crippen LogP contribution in [0.15, 0.2) is 53.1 Å². The smallest absolute Gasteiger partial charge is 0.269 e. The lowest BCUT2D eigenvalue weighted by molar-refractivity contribution is 0.318. The van der Waals surface area contributed by atoms with Crippen molar-refractivity contribution in [2.45, 2.75) is 38.6 Å². The maximum atomic E-state index is 9.11. The third kappa shape index (κ3) is 3.45. The summed E-state index contributed by atoms with van der Waals surface area (Å²) in [5.41, 5.74) is 6.32. The molecule has 3 aliphatic rings. The van der Waals surface area contributed by atoms with E-state index in [0.717, 1.165) is 19.4 Å². The number of allylic oxidation sites excluding steroid dienone is 6. The lowest BCUT2D eigenvalue weighted by Gasteiger charge is -2.33. The molecule has 0 saturated heterocycles. The molecule has 4 nitrogen and oxygen atoms in total. The van der Waals surface area contributed by atoms with E-state index in [1.165, 1.54) is 35.1 Å². The first-order chi connectivity index (χ1) is 13.2. The van der Waals surface area contributed by atoms with Crippen molar-refractivity contribution < 1.29 is 4.74 Å². The van der Waals surface area contributed by atoms with Gasteiger partial charge >= 0.3 is 0 Å². The van der Waals surface area contributed by atoms with E-state index < -0.39 is 0 Å². The van der Waals surface area contributed by atoms with Gasteiger partial charge in [0.1, 0.15) is 11.5 Å². The number of aryl methyl sites for hydroxylation is 1. The van der Waals surface area contributed by atoms with Crippen molar-refractivity contribution in [3.63, 3.8) is 0 Å². The Morgan fingerprint density at radius 3 is 2.89 bits per heavy atom. The third-order valence-corrected chi connectivity index (χ3v) is 5.31. The van der Waals surface area contributed by atoms with Gasteiger partial charge in [0.05, 0.1) is 12.6 Å². The Morgan fingerprint density at radius 2 is 2.11 bits per heavy atom. The molecular formula is C23H21N3O. The van der Waals surface area contributed by atoms with E-state index >= 15 is 0 Å². The van der Waals surface area contributed by atoms with Crippen LogP contribution >= 0.6 is 0 Å². The highest BCUT2D eigenvalue weighted by Crippen LogP contribution is 2.36. The molecule has 0 aromatic heterocycles. The quantitative estimate of drug-likeness (QED) is 0.616. The first-order valence-electron chi connectivity index (χ1n) is 9.35. The van der Waals surface area contributed by atoms with E-state index in [9.17, 15) is 0 Å². The minimum Gasteiger partial charge on any atom is -0.462 e. The van der Waals surface area contributed by atoms with E-state index in [1.54, 1.807) is 12.2 Å². The topological polar surface area (TPSA) is 49.4 Å². The number of nitriles is 1. The molecule has 1 aromatic carbocycles. The second-order valence-corrected chi connectivity index (χ2v) is 7.17.